The highest BCUT2D eigenvalue weighted by molar-refractivity contribution is 5.77. The van der Waals surface area contributed by atoms with Gasteiger partial charge in [0.15, 0.2) is 0 Å². The minimum Gasteiger partial charge on any atom is -0.376 e. The fraction of sp³-hybridized carbons (Fsp3) is 0.297. The first-order valence-corrected chi connectivity index (χ1v) is 13.8. The van der Waals surface area contributed by atoms with Gasteiger partial charge in [0.05, 0.1) is 6.10 Å². The Hall–Kier alpha value is -3.42. The van der Waals surface area contributed by atoms with Crippen LogP contribution in [0.5, 0.6) is 0 Å². The first kappa shape index (κ1) is 26.2. The van der Waals surface area contributed by atoms with E-state index in [-0.39, 0.29) is 6.10 Å². The van der Waals surface area contributed by atoms with Gasteiger partial charge in [-0.1, -0.05) is 114 Å². The van der Waals surface area contributed by atoms with Gasteiger partial charge in [-0.3, -0.25) is 0 Å². The number of hydrogen-bond acceptors (Lipinski definition) is 1. The van der Waals surface area contributed by atoms with Crippen molar-refractivity contribution in [3.05, 3.63) is 123 Å². The molecule has 0 fully saturated rings. The molecule has 0 spiro atoms. The van der Waals surface area contributed by atoms with Crippen molar-refractivity contribution in [2.45, 2.75) is 60.5 Å². The molecule has 1 heteroatoms. The van der Waals surface area contributed by atoms with Gasteiger partial charge in [-0.25, -0.2) is 0 Å². The zero-order valence-electron chi connectivity index (χ0n) is 24.0. The molecule has 0 radical (unpaired) electrons. The SMILES string of the molecule is CC1=Cc2cccc(-c3cc(C)cc(C)c3)c2C1.COC1c2cccc(-c3cc(C)cc(C)c3)c2CC1C. The lowest BCUT2D eigenvalue weighted by Crippen LogP contribution is -2.04. The van der Waals surface area contributed by atoms with E-state index in [1.807, 2.05) is 7.11 Å². The molecule has 0 amide bonds. The molecule has 0 saturated heterocycles. The number of methoxy groups -OCH3 is 1. The van der Waals surface area contributed by atoms with Gasteiger partial charge in [0.2, 0.25) is 0 Å². The lowest BCUT2D eigenvalue weighted by atomic mass is 9.94. The second-order valence-electron chi connectivity index (χ2n) is 11.5. The third-order valence-corrected chi connectivity index (χ3v) is 7.95. The number of fused-ring (bicyclic) bond motifs is 2. The minimum atomic E-state index is 0.246. The molecule has 2 unspecified atom stereocenters. The number of allylic oxidation sites excluding steroid dienone is 1. The lowest BCUT2D eigenvalue weighted by Gasteiger charge is -2.14. The maximum atomic E-state index is 5.69. The van der Waals surface area contributed by atoms with Crippen molar-refractivity contribution in [2.24, 2.45) is 5.92 Å². The molecule has 0 N–H and O–H groups in total. The molecular weight excluding hydrogens is 460 g/mol. The number of aryl methyl sites for hydroxylation is 4. The fourth-order valence-electron chi connectivity index (χ4n) is 6.53. The number of rotatable bonds is 3. The Kier molecular flexibility index (Phi) is 7.41. The van der Waals surface area contributed by atoms with E-state index < -0.39 is 0 Å². The Bertz CT molecular complexity index is 1480. The summed E-state index contributed by atoms with van der Waals surface area (Å²) in [4.78, 5) is 0. The van der Waals surface area contributed by atoms with Gasteiger partial charge in [0.1, 0.15) is 0 Å². The molecule has 38 heavy (non-hydrogen) atoms. The summed E-state index contributed by atoms with van der Waals surface area (Å²) in [6, 6.07) is 26.9. The molecule has 194 valence electrons. The minimum absolute atomic E-state index is 0.246. The van der Waals surface area contributed by atoms with Crippen LogP contribution in [0.25, 0.3) is 28.3 Å². The van der Waals surface area contributed by atoms with Gasteiger partial charge in [-0.05, 0) is 97.9 Å². The zero-order valence-corrected chi connectivity index (χ0v) is 24.0. The monoisotopic (exact) mass is 500 g/mol. The van der Waals surface area contributed by atoms with E-state index in [1.165, 1.54) is 72.3 Å². The molecule has 0 heterocycles. The molecule has 4 aromatic carbocycles. The molecule has 2 atom stereocenters. The van der Waals surface area contributed by atoms with E-state index in [0.717, 1.165) is 12.8 Å². The maximum Gasteiger partial charge on any atom is 0.0852 e. The second kappa shape index (κ2) is 10.8. The highest BCUT2D eigenvalue weighted by atomic mass is 16.5. The molecular formula is C37H40O. The van der Waals surface area contributed by atoms with Crippen LogP contribution in [-0.2, 0) is 17.6 Å². The summed E-state index contributed by atoms with van der Waals surface area (Å²) >= 11 is 0. The van der Waals surface area contributed by atoms with Crippen molar-refractivity contribution in [2.75, 3.05) is 7.11 Å². The summed E-state index contributed by atoms with van der Waals surface area (Å²) < 4.78 is 5.69. The average Bonchev–Trinajstić information content (AvgIpc) is 3.40. The first-order valence-electron chi connectivity index (χ1n) is 13.8. The average molecular weight is 501 g/mol. The molecule has 0 bridgehead atoms. The highest BCUT2D eigenvalue weighted by Gasteiger charge is 2.31. The Morgan fingerprint density at radius 3 is 1.74 bits per heavy atom. The smallest absolute Gasteiger partial charge is 0.0852 e. The Labute approximate surface area is 229 Å². The summed E-state index contributed by atoms with van der Waals surface area (Å²) in [5, 5.41) is 0. The largest absolute Gasteiger partial charge is 0.376 e. The summed E-state index contributed by atoms with van der Waals surface area (Å²) in [7, 11) is 1.82. The summed E-state index contributed by atoms with van der Waals surface area (Å²) in [6.07, 6.45) is 4.76. The predicted molar refractivity (Wildman–Crippen MR) is 163 cm³/mol. The van der Waals surface area contributed by atoms with Crippen LogP contribution in [0.15, 0.2) is 78.4 Å². The van der Waals surface area contributed by atoms with Crippen LogP contribution in [-0.4, -0.2) is 7.11 Å². The molecule has 0 saturated carbocycles. The first-order chi connectivity index (χ1) is 18.2. The van der Waals surface area contributed by atoms with Crippen LogP contribution in [0.2, 0.25) is 0 Å². The van der Waals surface area contributed by atoms with Crippen LogP contribution in [0.4, 0.5) is 0 Å². The van der Waals surface area contributed by atoms with E-state index in [4.69, 9.17) is 4.74 Å². The molecule has 6 rings (SSSR count). The fourth-order valence-corrected chi connectivity index (χ4v) is 6.53. The predicted octanol–water partition coefficient (Wildman–Crippen LogP) is 9.78. The van der Waals surface area contributed by atoms with Gasteiger partial charge in [-0.2, -0.15) is 0 Å². The molecule has 1 nitrogen and oxygen atoms in total. The van der Waals surface area contributed by atoms with Gasteiger partial charge < -0.3 is 4.74 Å². The van der Waals surface area contributed by atoms with Crippen molar-refractivity contribution < 1.29 is 4.74 Å². The van der Waals surface area contributed by atoms with E-state index in [1.54, 1.807) is 0 Å². The normalized spacial score (nSPS) is 17.4. The molecule has 4 aromatic rings. The molecule has 2 aliphatic rings. The van der Waals surface area contributed by atoms with E-state index in [0.29, 0.717) is 5.92 Å². The Balaban J connectivity index is 0.000000156. The summed E-state index contributed by atoms with van der Waals surface area (Å²) in [5.41, 5.74) is 18.0. The number of benzene rings is 4. The van der Waals surface area contributed by atoms with Crippen molar-refractivity contribution in [3.63, 3.8) is 0 Å². The van der Waals surface area contributed by atoms with Crippen LogP contribution < -0.4 is 0 Å². The number of ether oxygens (including phenoxy) is 1. The third-order valence-electron chi connectivity index (χ3n) is 7.95. The van der Waals surface area contributed by atoms with E-state index in [9.17, 15) is 0 Å². The maximum absolute atomic E-state index is 5.69. The van der Waals surface area contributed by atoms with Crippen LogP contribution in [0.1, 0.15) is 64.5 Å². The summed E-state index contributed by atoms with van der Waals surface area (Å²) in [5.74, 6) is 0.557. The summed E-state index contributed by atoms with van der Waals surface area (Å²) in [6.45, 7) is 13.2. The van der Waals surface area contributed by atoms with Crippen molar-refractivity contribution in [3.8, 4) is 22.3 Å². The van der Waals surface area contributed by atoms with Crippen molar-refractivity contribution in [1.29, 1.82) is 0 Å². The molecule has 2 aliphatic carbocycles. The second-order valence-corrected chi connectivity index (χ2v) is 11.5. The molecule has 0 aliphatic heterocycles. The van der Waals surface area contributed by atoms with Crippen molar-refractivity contribution >= 4 is 6.08 Å². The Morgan fingerprint density at radius 2 is 1.18 bits per heavy atom. The van der Waals surface area contributed by atoms with Crippen molar-refractivity contribution in [1.82, 2.24) is 0 Å². The Morgan fingerprint density at radius 1 is 0.658 bits per heavy atom. The van der Waals surface area contributed by atoms with Crippen LogP contribution >= 0.6 is 0 Å². The van der Waals surface area contributed by atoms with Crippen LogP contribution in [0, 0.1) is 33.6 Å². The zero-order chi connectivity index (χ0) is 27.0. The van der Waals surface area contributed by atoms with Gasteiger partial charge in [-0.15, -0.1) is 0 Å². The quantitative estimate of drug-likeness (QED) is 0.272. The van der Waals surface area contributed by atoms with Gasteiger partial charge in [0, 0.05) is 7.11 Å². The topological polar surface area (TPSA) is 9.23 Å². The van der Waals surface area contributed by atoms with Gasteiger partial charge >= 0.3 is 0 Å². The third kappa shape index (κ3) is 5.26. The molecule has 0 aromatic heterocycles. The van der Waals surface area contributed by atoms with E-state index in [2.05, 4.69) is 120 Å². The lowest BCUT2D eigenvalue weighted by molar-refractivity contribution is 0.0695. The van der Waals surface area contributed by atoms with E-state index >= 15 is 0 Å². The highest BCUT2D eigenvalue weighted by Crippen LogP contribution is 2.42. The standard InChI is InChI=1S/C19H22O.C18H18/c1-12-8-13(2)10-15(9-12)16-6-5-7-17-18(16)11-14(3)19(17)20-4;1-12-7-13(2)10-16(9-12)17-6-4-5-15-8-14(3)11-18(15)17/h5-10,14,19H,11H2,1-4H3;4-10H,11H2,1-3H3. The van der Waals surface area contributed by atoms with Crippen LogP contribution in [0.3, 0.4) is 0 Å². The number of hydrogen-bond donors (Lipinski definition) is 0. The van der Waals surface area contributed by atoms with Gasteiger partial charge in [0.25, 0.3) is 0 Å².